The number of aliphatic imine (C=N–C) groups is 1. The third kappa shape index (κ3) is 11.5. The highest BCUT2D eigenvalue weighted by Crippen LogP contribution is 2.26. The Kier molecular flexibility index (Phi) is 14.6. The molecule has 15 nitrogen and oxygen atoms in total. The van der Waals surface area contributed by atoms with E-state index in [0.29, 0.717) is 24.3 Å². The number of aliphatic carboxylic acids is 1. The molecule has 1 aliphatic heterocycles. The Morgan fingerprint density at radius 2 is 1.71 bits per heavy atom. The van der Waals surface area contributed by atoms with Gasteiger partial charge in [0.25, 0.3) is 5.91 Å². The molecule has 0 saturated carbocycles. The van der Waals surface area contributed by atoms with Gasteiger partial charge in [-0.15, -0.1) is 0 Å². The zero-order valence-electron chi connectivity index (χ0n) is 27.1. The van der Waals surface area contributed by atoms with Crippen molar-refractivity contribution in [2.75, 3.05) is 31.5 Å². The molecule has 3 amide bonds. The van der Waals surface area contributed by atoms with E-state index in [-0.39, 0.29) is 29.4 Å². The average molecular weight is 687 g/mol. The second-order valence-corrected chi connectivity index (χ2v) is 13.4. The number of hydrogen-bond donors (Lipinski definition) is 7. The van der Waals surface area contributed by atoms with Crippen molar-refractivity contribution in [3.05, 3.63) is 54.1 Å². The maximum Gasteiger partial charge on any atom is 0.328 e. The molecule has 0 aliphatic carbocycles. The molecule has 3 rings (SSSR count). The van der Waals surface area contributed by atoms with E-state index in [9.17, 15) is 32.7 Å². The minimum atomic E-state index is -3.98. The Morgan fingerprint density at radius 1 is 1.00 bits per heavy atom. The fourth-order valence-corrected chi connectivity index (χ4v) is 6.90. The zero-order chi connectivity index (χ0) is 35.1. The van der Waals surface area contributed by atoms with Crippen LogP contribution in [0.15, 0.2) is 58.4 Å². The van der Waals surface area contributed by atoms with Crippen LogP contribution in [0, 0.1) is 0 Å². The molecule has 0 spiro atoms. The van der Waals surface area contributed by atoms with Crippen LogP contribution < -0.4 is 32.7 Å². The maximum atomic E-state index is 13.1. The highest BCUT2D eigenvalue weighted by molar-refractivity contribution is 7.89. The first-order chi connectivity index (χ1) is 22.9. The van der Waals surface area contributed by atoms with Crippen LogP contribution in [-0.4, -0.2) is 85.7 Å². The van der Waals surface area contributed by atoms with Crippen molar-refractivity contribution in [1.29, 1.82) is 0 Å². The molecule has 1 aliphatic rings. The number of unbranched alkanes of at least 4 members (excludes halogenated alkanes) is 5. The monoisotopic (exact) mass is 686 g/mol. The summed E-state index contributed by atoms with van der Waals surface area (Å²) in [6, 6.07) is 9.77. The van der Waals surface area contributed by atoms with Gasteiger partial charge in [0.15, 0.2) is 5.96 Å². The molecule has 1 fully saturated rings. The number of rotatable bonds is 19. The number of nitrogens with one attached hydrogen (secondary N) is 4. The van der Waals surface area contributed by atoms with Gasteiger partial charge in [0, 0.05) is 30.9 Å². The molecule has 0 aromatic heterocycles. The van der Waals surface area contributed by atoms with Crippen LogP contribution in [0.4, 0.5) is 11.4 Å². The molecular formula is C32H46N8O7S. The van der Waals surface area contributed by atoms with Crippen molar-refractivity contribution in [2.45, 2.75) is 75.3 Å². The summed E-state index contributed by atoms with van der Waals surface area (Å²) in [5, 5.41) is 20.2. The largest absolute Gasteiger partial charge is 0.480 e. The third-order valence-electron chi connectivity index (χ3n) is 7.68. The van der Waals surface area contributed by atoms with Gasteiger partial charge in [0.05, 0.1) is 17.1 Å². The van der Waals surface area contributed by atoms with Crippen LogP contribution in [-0.2, 0) is 24.4 Å². The van der Waals surface area contributed by atoms with Gasteiger partial charge in [0.1, 0.15) is 12.1 Å². The summed E-state index contributed by atoms with van der Waals surface area (Å²) < 4.78 is 27.3. The van der Waals surface area contributed by atoms with Crippen molar-refractivity contribution in [2.24, 2.45) is 16.5 Å². The maximum absolute atomic E-state index is 13.1. The molecule has 1 saturated heterocycles. The van der Waals surface area contributed by atoms with Crippen molar-refractivity contribution < 1.29 is 32.7 Å². The molecule has 0 radical (unpaired) electrons. The molecule has 2 atom stereocenters. The molecular weight excluding hydrogens is 640 g/mol. The summed E-state index contributed by atoms with van der Waals surface area (Å²) in [4.78, 5) is 54.5. The van der Waals surface area contributed by atoms with Gasteiger partial charge in [-0.3, -0.25) is 14.4 Å². The van der Waals surface area contributed by atoms with Crippen molar-refractivity contribution in [3.8, 4) is 0 Å². The summed E-state index contributed by atoms with van der Waals surface area (Å²) in [6.07, 6.45) is 7.38. The van der Waals surface area contributed by atoms with Crippen molar-refractivity contribution in [1.82, 2.24) is 20.3 Å². The summed E-state index contributed by atoms with van der Waals surface area (Å²) in [5.74, 6) is -3.71. The standard InChI is InChI=1S/C32H46N8O7S/c1-2-3-4-5-6-10-15-35-23-17-22(18-24(19-23)38-32(33)34)29(42)37-21-28(41)36-20-26(31(44)45)39-30(43)27-14-11-16-40(27)48(46,47)25-12-8-7-9-13-25/h7-9,12-13,17-19,26-27,35H,2-6,10-11,14-16,20-21H2,1H3,(H,36,41)(H,37,42)(H,39,43)(H,44,45)(H4,33,34,38)/t26-,27-/m0/s1. The van der Waals surface area contributed by atoms with Crippen LogP contribution in [0.5, 0.6) is 0 Å². The Hall–Kier alpha value is -4.70. The minimum Gasteiger partial charge on any atom is -0.480 e. The SMILES string of the molecule is CCCCCCCCNc1cc(N=C(N)N)cc(C(=O)NCC(=O)NC[C@H](NC(=O)[C@@H]2CCCN2S(=O)(=O)c2ccccc2)C(=O)O)c1. The first kappa shape index (κ1) is 37.8. The van der Waals surface area contributed by atoms with Crippen LogP contribution >= 0.6 is 0 Å². The normalized spacial score (nSPS) is 15.2. The van der Waals surface area contributed by atoms with E-state index < -0.39 is 58.9 Å². The predicted molar refractivity (Wildman–Crippen MR) is 182 cm³/mol. The lowest BCUT2D eigenvalue weighted by atomic mass is 10.1. The number of nitrogens with two attached hydrogens (primary N) is 2. The van der Waals surface area contributed by atoms with Crippen LogP contribution in [0.2, 0.25) is 0 Å². The van der Waals surface area contributed by atoms with Crippen LogP contribution in [0.1, 0.15) is 68.6 Å². The van der Waals surface area contributed by atoms with Gasteiger partial charge < -0.3 is 37.8 Å². The number of carbonyl (C=O) groups is 4. The smallest absolute Gasteiger partial charge is 0.328 e. The summed E-state index contributed by atoms with van der Waals surface area (Å²) in [7, 11) is -3.98. The summed E-state index contributed by atoms with van der Waals surface area (Å²) in [5.41, 5.74) is 12.2. The molecule has 9 N–H and O–H groups in total. The highest BCUT2D eigenvalue weighted by Gasteiger charge is 2.40. The number of amides is 3. The van der Waals surface area contributed by atoms with Gasteiger partial charge >= 0.3 is 5.97 Å². The Labute approximate surface area is 281 Å². The van der Waals surface area contributed by atoms with E-state index in [0.717, 1.165) is 23.6 Å². The van der Waals surface area contributed by atoms with E-state index in [1.54, 1.807) is 30.3 Å². The molecule has 2 aromatic rings. The number of carbonyl (C=O) groups excluding carboxylic acids is 3. The Bertz CT molecular complexity index is 1550. The number of sulfonamides is 1. The number of guanidine groups is 1. The lowest BCUT2D eigenvalue weighted by molar-refractivity contribution is -0.142. The van der Waals surface area contributed by atoms with E-state index in [2.05, 4.69) is 33.2 Å². The number of hydrogen-bond acceptors (Lipinski definition) is 8. The molecule has 1 heterocycles. The van der Waals surface area contributed by atoms with Crippen LogP contribution in [0.3, 0.4) is 0 Å². The van der Waals surface area contributed by atoms with Gasteiger partial charge in [-0.2, -0.15) is 4.31 Å². The van der Waals surface area contributed by atoms with E-state index in [1.807, 2.05) is 0 Å². The summed E-state index contributed by atoms with van der Waals surface area (Å²) in [6.45, 7) is 1.97. The lowest BCUT2D eigenvalue weighted by Crippen LogP contribution is -2.54. The van der Waals surface area contributed by atoms with E-state index >= 15 is 0 Å². The number of carboxylic acid groups (broad SMARTS) is 1. The predicted octanol–water partition coefficient (Wildman–Crippen LogP) is 1.63. The molecule has 16 heteroatoms. The lowest BCUT2D eigenvalue weighted by Gasteiger charge is -2.25. The molecule has 48 heavy (non-hydrogen) atoms. The fourth-order valence-electron chi connectivity index (χ4n) is 5.22. The Morgan fingerprint density at radius 3 is 2.40 bits per heavy atom. The first-order valence-corrected chi connectivity index (χ1v) is 17.5. The molecule has 262 valence electrons. The van der Waals surface area contributed by atoms with Crippen molar-refractivity contribution in [3.63, 3.8) is 0 Å². The van der Waals surface area contributed by atoms with Gasteiger partial charge in [-0.1, -0.05) is 57.2 Å². The molecule has 0 bridgehead atoms. The second kappa shape index (κ2) is 18.6. The molecule has 2 aromatic carbocycles. The second-order valence-electron chi connectivity index (χ2n) is 11.5. The topological polar surface area (TPSA) is 238 Å². The summed E-state index contributed by atoms with van der Waals surface area (Å²) >= 11 is 0. The van der Waals surface area contributed by atoms with Gasteiger partial charge in [-0.05, 0) is 49.6 Å². The fraction of sp³-hybridized carbons (Fsp3) is 0.469. The van der Waals surface area contributed by atoms with E-state index in [1.165, 1.54) is 37.5 Å². The zero-order valence-corrected chi connectivity index (χ0v) is 27.9. The van der Waals surface area contributed by atoms with E-state index in [4.69, 9.17) is 11.5 Å². The first-order valence-electron chi connectivity index (χ1n) is 16.1. The highest BCUT2D eigenvalue weighted by atomic mass is 32.2. The number of nitrogens with zero attached hydrogens (tertiary/aromatic N) is 2. The number of anilines is 1. The number of benzene rings is 2. The quantitative estimate of drug-likeness (QED) is 0.0640. The minimum absolute atomic E-state index is 0.0254. The van der Waals surface area contributed by atoms with Gasteiger partial charge in [0.2, 0.25) is 21.8 Å². The van der Waals surface area contributed by atoms with Crippen LogP contribution in [0.25, 0.3) is 0 Å². The number of carboxylic acids is 1. The van der Waals surface area contributed by atoms with Crippen molar-refractivity contribution >= 4 is 51.0 Å². The van der Waals surface area contributed by atoms with Gasteiger partial charge in [-0.25, -0.2) is 18.2 Å². The Balaban J connectivity index is 1.54. The molecule has 0 unspecified atom stereocenters. The third-order valence-corrected chi connectivity index (χ3v) is 9.60. The average Bonchev–Trinajstić information content (AvgIpc) is 3.56.